The number of H-pyrrole nitrogens is 1. The van der Waals surface area contributed by atoms with Crippen molar-refractivity contribution >= 4 is 28.9 Å². The molecule has 0 spiro atoms. The van der Waals surface area contributed by atoms with Gasteiger partial charge in [-0.05, 0) is 24.2 Å². The largest absolute Gasteiger partial charge is 0.361 e. The van der Waals surface area contributed by atoms with Gasteiger partial charge >= 0.3 is 0 Å². The summed E-state index contributed by atoms with van der Waals surface area (Å²) < 4.78 is 0. The topological polar surface area (TPSA) is 112 Å². The summed E-state index contributed by atoms with van der Waals surface area (Å²) in [7, 11) is 0. The lowest BCUT2D eigenvalue weighted by Crippen LogP contribution is -2.47. The molecule has 1 aromatic heterocycles. The summed E-state index contributed by atoms with van der Waals surface area (Å²) in [6.45, 7) is 0.611. The van der Waals surface area contributed by atoms with Crippen molar-refractivity contribution in [3.63, 3.8) is 0 Å². The number of rotatable bonds is 5. The van der Waals surface area contributed by atoms with Gasteiger partial charge in [0.2, 0.25) is 0 Å². The van der Waals surface area contributed by atoms with Crippen LogP contribution in [0.15, 0.2) is 42.6 Å². The number of thiocarbonyl (C=S) groups is 1. The van der Waals surface area contributed by atoms with Crippen LogP contribution in [0.25, 0.3) is 0 Å². The van der Waals surface area contributed by atoms with Gasteiger partial charge in [-0.1, -0.05) is 30.3 Å². The minimum atomic E-state index is -0.587. The summed E-state index contributed by atoms with van der Waals surface area (Å²) in [5.41, 5.74) is 5.95. The van der Waals surface area contributed by atoms with Gasteiger partial charge in [-0.15, -0.1) is 0 Å². The summed E-state index contributed by atoms with van der Waals surface area (Å²) in [6.07, 6.45) is 1.94. The molecule has 9 heteroatoms. The summed E-state index contributed by atoms with van der Waals surface area (Å²) in [5.74, 6) is -0.551. The van der Waals surface area contributed by atoms with Gasteiger partial charge in [0, 0.05) is 12.6 Å². The molecule has 4 N–H and O–H groups in total. The van der Waals surface area contributed by atoms with Gasteiger partial charge in [0.05, 0.1) is 11.1 Å². The van der Waals surface area contributed by atoms with Crippen LogP contribution in [0.1, 0.15) is 16.1 Å². The molecule has 23 heavy (non-hydrogen) atoms. The molecular formula is C14H15N5O3S. The average Bonchev–Trinajstić information content (AvgIpc) is 3.04. The fourth-order valence-electron chi connectivity index (χ4n) is 1.81. The molecule has 0 aliphatic heterocycles. The van der Waals surface area contributed by atoms with Gasteiger partial charge in [0.1, 0.15) is 5.69 Å². The SMILES string of the molecule is O=C(NNC(=S)NCCc1ccccc1)c1cc([N+](=O)[O-])c[nH]1. The maximum absolute atomic E-state index is 11.8. The van der Waals surface area contributed by atoms with Crippen LogP contribution in [-0.4, -0.2) is 27.5 Å². The fraction of sp³-hybridized carbons (Fsp3) is 0.143. The van der Waals surface area contributed by atoms with Crippen molar-refractivity contribution in [3.8, 4) is 0 Å². The van der Waals surface area contributed by atoms with E-state index in [9.17, 15) is 14.9 Å². The van der Waals surface area contributed by atoms with Crippen molar-refractivity contribution in [1.29, 1.82) is 0 Å². The van der Waals surface area contributed by atoms with Crippen LogP contribution in [0.2, 0.25) is 0 Å². The van der Waals surface area contributed by atoms with Gasteiger partial charge in [-0.2, -0.15) is 0 Å². The lowest BCUT2D eigenvalue weighted by Gasteiger charge is -2.11. The van der Waals surface area contributed by atoms with E-state index in [1.807, 2.05) is 30.3 Å². The third-order valence-electron chi connectivity index (χ3n) is 2.95. The summed E-state index contributed by atoms with van der Waals surface area (Å²) >= 11 is 5.03. The molecule has 1 amide bonds. The number of carbonyl (C=O) groups is 1. The Kier molecular flexibility index (Phi) is 5.64. The minimum absolute atomic E-state index is 0.0660. The lowest BCUT2D eigenvalue weighted by atomic mass is 10.1. The van der Waals surface area contributed by atoms with E-state index in [0.29, 0.717) is 6.54 Å². The average molecular weight is 333 g/mol. The number of hydrogen-bond donors (Lipinski definition) is 4. The normalized spacial score (nSPS) is 9.91. The number of nitrogens with one attached hydrogen (secondary N) is 4. The number of hydrogen-bond acceptors (Lipinski definition) is 4. The summed E-state index contributed by atoms with van der Waals surface area (Å²) in [5, 5.41) is 13.8. The predicted octanol–water partition coefficient (Wildman–Crippen LogP) is 1.27. The Morgan fingerprint density at radius 1 is 1.26 bits per heavy atom. The van der Waals surface area contributed by atoms with Crippen LogP contribution in [0.5, 0.6) is 0 Å². The van der Waals surface area contributed by atoms with Crippen molar-refractivity contribution in [3.05, 3.63) is 64.0 Å². The summed E-state index contributed by atoms with van der Waals surface area (Å²) in [4.78, 5) is 24.2. The van der Waals surface area contributed by atoms with Crippen molar-refractivity contribution in [2.45, 2.75) is 6.42 Å². The zero-order chi connectivity index (χ0) is 16.7. The third kappa shape index (κ3) is 5.08. The molecule has 2 rings (SSSR count). The fourth-order valence-corrected chi connectivity index (χ4v) is 1.96. The van der Waals surface area contributed by atoms with Crippen molar-refractivity contribution < 1.29 is 9.72 Å². The number of benzene rings is 1. The third-order valence-corrected chi connectivity index (χ3v) is 3.20. The maximum Gasteiger partial charge on any atom is 0.287 e. The number of aromatic nitrogens is 1. The Morgan fingerprint density at radius 2 is 2.00 bits per heavy atom. The second kappa shape index (κ2) is 7.90. The van der Waals surface area contributed by atoms with E-state index in [1.165, 1.54) is 5.56 Å². The second-order valence-electron chi connectivity index (χ2n) is 4.60. The molecule has 2 aromatic rings. The van der Waals surface area contributed by atoms with Gasteiger partial charge in [0.25, 0.3) is 11.6 Å². The first-order valence-corrected chi connectivity index (χ1v) is 7.18. The molecule has 0 fully saturated rings. The van der Waals surface area contributed by atoms with E-state index in [2.05, 4.69) is 21.2 Å². The summed E-state index contributed by atoms with van der Waals surface area (Å²) in [6, 6.07) is 11.0. The van der Waals surface area contributed by atoms with Gasteiger partial charge in [-0.25, -0.2) is 0 Å². The Morgan fingerprint density at radius 3 is 2.65 bits per heavy atom. The molecule has 0 atom stereocenters. The lowest BCUT2D eigenvalue weighted by molar-refractivity contribution is -0.384. The number of nitrogens with zero attached hydrogens (tertiary/aromatic N) is 1. The molecular weight excluding hydrogens is 318 g/mol. The van der Waals surface area contributed by atoms with Gasteiger partial charge in [-0.3, -0.25) is 25.8 Å². The Labute approximate surface area is 137 Å². The Hall–Kier alpha value is -2.94. The molecule has 120 valence electrons. The first-order valence-electron chi connectivity index (χ1n) is 6.77. The maximum atomic E-state index is 11.8. The van der Waals surface area contributed by atoms with Crippen molar-refractivity contribution in [2.75, 3.05) is 6.54 Å². The minimum Gasteiger partial charge on any atom is -0.361 e. The molecule has 0 saturated heterocycles. The van der Waals surface area contributed by atoms with Crippen molar-refractivity contribution in [1.82, 2.24) is 21.2 Å². The Bertz CT molecular complexity index is 701. The first kappa shape index (κ1) is 16.4. The van der Waals surface area contributed by atoms with Crippen LogP contribution in [0, 0.1) is 10.1 Å². The second-order valence-corrected chi connectivity index (χ2v) is 5.01. The molecule has 0 saturated carbocycles. The molecule has 0 radical (unpaired) electrons. The van der Waals surface area contributed by atoms with E-state index in [1.54, 1.807) is 0 Å². The van der Waals surface area contributed by atoms with Crippen LogP contribution in [0.4, 0.5) is 5.69 Å². The van der Waals surface area contributed by atoms with Crippen LogP contribution < -0.4 is 16.2 Å². The van der Waals surface area contributed by atoms with Crippen LogP contribution >= 0.6 is 12.2 Å². The molecule has 8 nitrogen and oxygen atoms in total. The van der Waals surface area contributed by atoms with Crippen LogP contribution in [0.3, 0.4) is 0 Å². The highest BCUT2D eigenvalue weighted by Crippen LogP contribution is 2.11. The number of hydrazine groups is 1. The molecule has 0 aliphatic rings. The van der Waals surface area contributed by atoms with Crippen molar-refractivity contribution in [2.24, 2.45) is 0 Å². The van der Waals surface area contributed by atoms with E-state index in [-0.39, 0.29) is 16.5 Å². The molecule has 1 heterocycles. The number of aromatic amines is 1. The molecule has 0 bridgehead atoms. The Balaban J connectivity index is 1.71. The smallest absolute Gasteiger partial charge is 0.287 e. The van der Waals surface area contributed by atoms with E-state index in [0.717, 1.165) is 18.7 Å². The van der Waals surface area contributed by atoms with E-state index < -0.39 is 10.8 Å². The zero-order valence-electron chi connectivity index (χ0n) is 12.0. The number of carbonyl (C=O) groups excluding carboxylic acids is 1. The molecule has 0 unspecified atom stereocenters. The van der Waals surface area contributed by atoms with E-state index >= 15 is 0 Å². The van der Waals surface area contributed by atoms with E-state index in [4.69, 9.17) is 12.2 Å². The highest BCUT2D eigenvalue weighted by molar-refractivity contribution is 7.80. The highest BCUT2D eigenvalue weighted by Gasteiger charge is 2.14. The number of nitro groups is 1. The zero-order valence-corrected chi connectivity index (χ0v) is 12.9. The van der Waals surface area contributed by atoms with Gasteiger partial charge < -0.3 is 10.3 Å². The predicted molar refractivity (Wildman–Crippen MR) is 88.8 cm³/mol. The standard InChI is InChI=1S/C14H15N5O3S/c20-13(12-8-11(9-16-12)19(21)22)17-18-14(23)15-7-6-10-4-2-1-3-5-10/h1-5,8-9,16H,6-7H2,(H,17,20)(H2,15,18,23). The monoisotopic (exact) mass is 333 g/mol. The molecule has 1 aromatic carbocycles. The number of amides is 1. The van der Waals surface area contributed by atoms with Gasteiger partial charge in [0.15, 0.2) is 5.11 Å². The first-order chi connectivity index (χ1) is 11.1. The highest BCUT2D eigenvalue weighted by atomic mass is 32.1. The van der Waals surface area contributed by atoms with Crippen LogP contribution in [-0.2, 0) is 6.42 Å². The molecule has 0 aliphatic carbocycles. The quantitative estimate of drug-likeness (QED) is 0.372.